The van der Waals surface area contributed by atoms with E-state index in [4.69, 9.17) is 10.5 Å². The van der Waals surface area contributed by atoms with Gasteiger partial charge >= 0.3 is 0 Å². The second kappa shape index (κ2) is 5.92. The van der Waals surface area contributed by atoms with Crippen LogP contribution in [-0.4, -0.2) is 18.8 Å². The standard InChI is InChI=1S/C12H17F2NO/c1-3-16-8(2)12(15)6-9-4-5-10(13)7-11(9)14/h4-5,7-8,12H,3,6,15H2,1-2H3. The molecule has 0 saturated carbocycles. The van der Waals surface area contributed by atoms with Gasteiger partial charge in [-0.1, -0.05) is 6.07 Å². The summed E-state index contributed by atoms with van der Waals surface area (Å²) in [5.74, 6) is -1.13. The Morgan fingerprint density at radius 3 is 2.62 bits per heavy atom. The predicted octanol–water partition coefficient (Wildman–Crippen LogP) is 2.26. The number of rotatable bonds is 5. The van der Waals surface area contributed by atoms with E-state index in [-0.39, 0.29) is 12.1 Å². The van der Waals surface area contributed by atoms with Gasteiger partial charge in [0.25, 0.3) is 0 Å². The van der Waals surface area contributed by atoms with Gasteiger partial charge in [0.05, 0.1) is 6.10 Å². The first-order valence-corrected chi connectivity index (χ1v) is 5.35. The molecule has 0 amide bonds. The molecule has 0 saturated heterocycles. The van der Waals surface area contributed by atoms with Gasteiger partial charge in [-0.05, 0) is 31.9 Å². The fourth-order valence-corrected chi connectivity index (χ4v) is 1.49. The molecule has 0 heterocycles. The van der Waals surface area contributed by atoms with E-state index < -0.39 is 11.6 Å². The second-order valence-electron chi connectivity index (χ2n) is 3.76. The van der Waals surface area contributed by atoms with E-state index in [0.717, 1.165) is 6.07 Å². The Balaban J connectivity index is 2.65. The van der Waals surface area contributed by atoms with Crippen molar-refractivity contribution in [1.82, 2.24) is 0 Å². The minimum atomic E-state index is -0.576. The lowest BCUT2D eigenvalue weighted by atomic mass is 10.0. The Kier molecular flexibility index (Phi) is 4.83. The summed E-state index contributed by atoms with van der Waals surface area (Å²) in [4.78, 5) is 0. The van der Waals surface area contributed by atoms with Crippen molar-refractivity contribution in [1.29, 1.82) is 0 Å². The Hall–Kier alpha value is -1.00. The van der Waals surface area contributed by atoms with Crippen molar-refractivity contribution < 1.29 is 13.5 Å². The highest BCUT2D eigenvalue weighted by atomic mass is 19.1. The third kappa shape index (κ3) is 3.54. The van der Waals surface area contributed by atoms with E-state index in [2.05, 4.69) is 0 Å². The van der Waals surface area contributed by atoms with Crippen molar-refractivity contribution in [3.8, 4) is 0 Å². The Labute approximate surface area is 94.4 Å². The highest BCUT2D eigenvalue weighted by Crippen LogP contribution is 2.13. The summed E-state index contributed by atoms with van der Waals surface area (Å²) in [6.45, 7) is 4.29. The highest BCUT2D eigenvalue weighted by Gasteiger charge is 2.15. The molecule has 0 aliphatic carbocycles. The molecule has 1 aromatic rings. The largest absolute Gasteiger partial charge is 0.377 e. The molecule has 90 valence electrons. The number of benzene rings is 1. The zero-order valence-corrected chi connectivity index (χ0v) is 9.54. The van der Waals surface area contributed by atoms with Crippen molar-refractivity contribution in [2.45, 2.75) is 32.4 Å². The summed E-state index contributed by atoms with van der Waals surface area (Å²) in [5.41, 5.74) is 6.27. The van der Waals surface area contributed by atoms with Gasteiger partial charge in [0.2, 0.25) is 0 Å². The van der Waals surface area contributed by atoms with Crippen LogP contribution in [0.2, 0.25) is 0 Å². The Morgan fingerprint density at radius 1 is 1.38 bits per heavy atom. The first kappa shape index (κ1) is 13.1. The summed E-state index contributed by atoms with van der Waals surface area (Å²) in [6, 6.07) is 3.23. The molecule has 0 spiro atoms. The molecule has 1 aromatic carbocycles. The van der Waals surface area contributed by atoms with Crippen LogP contribution >= 0.6 is 0 Å². The lowest BCUT2D eigenvalue weighted by Crippen LogP contribution is -2.36. The average molecular weight is 229 g/mol. The Bertz CT molecular complexity index is 344. The van der Waals surface area contributed by atoms with Crippen LogP contribution < -0.4 is 5.73 Å². The minimum absolute atomic E-state index is 0.144. The lowest BCUT2D eigenvalue weighted by molar-refractivity contribution is 0.0575. The predicted molar refractivity (Wildman–Crippen MR) is 59.1 cm³/mol. The molecule has 0 aromatic heterocycles. The van der Waals surface area contributed by atoms with Crippen LogP contribution in [0.1, 0.15) is 19.4 Å². The lowest BCUT2D eigenvalue weighted by Gasteiger charge is -2.20. The number of hydrogen-bond donors (Lipinski definition) is 1. The molecule has 0 aliphatic rings. The summed E-state index contributed by atoms with van der Waals surface area (Å²) in [6.07, 6.45) is 0.197. The van der Waals surface area contributed by atoms with Gasteiger partial charge in [-0.15, -0.1) is 0 Å². The average Bonchev–Trinajstić information content (AvgIpc) is 2.22. The molecular formula is C12H17F2NO. The maximum Gasteiger partial charge on any atom is 0.129 e. The van der Waals surface area contributed by atoms with Crippen LogP contribution in [0.3, 0.4) is 0 Å². The fraction of sp³-hybridized carbons (Fsp3) is 0.500. The third-order valence-electron chi connectivity index (χ3n) is 2.50. The van der Waals surface area contributed by atoms with Gasteiger partial charge in [0, 0.05) is 18.7 Å². The van der Waals surface area contributed by atoms with Crippen molar-refractivity contribution in [3.63, 3.8) is 0 Å². The minimum Gasteiger partial charge on any atom is -0.377 e. The van der Waals surface area contributed by atoms with Crippen molar-refractivity contribution in [3.05, 3.63) is 35.4 Å². The third-order valence-corrected chi connectivity index (χ3v) is 2.50. The SMILES string of the molecule is CCOC(C)C(N)Cc1ccc(F)cc1F. The summed E-state index contributed by atoms with van der Waals surface area (Å²) in [7, 11) is 0. The maximum atomic E-state index is 13.3. The number of halogens is 2. The quantitative estimate of drug-likeness (QED) is 0.840. The second-order valence-corrected chi connectivity index (χ2v) is 3.76. The highest BCUT2D eigenvalue weighted by molar-refractivity contribution is 5.19. The number of nitrogens with two attached hydrogens (primary N) is 1. The topological polar surface area (TPSA) is 35.2 Å². The van der Waals surface area contributed by atoms with Crippen molar-refractivity contribution >= 4 is 0 Å². The van der Waals surface area contributed by atoms with Gasteiger partial charge in [-0.3, -0.25) is 0 Å². The van der Waals surface area contributed by atoms with Gasteiger partial charge in [-0.2, -0.15) is 0 Å². The van der Waals surface area contributed by atoms with Crippen molar-refractivity contribution in [2.75, 3.05) is 6.61 Å². The monoisotopic (exact) mass is 229 g/mol. The molecule has 0 radical (unpaired) electrons. The molecule has 2 atom stereocenters. The molecule has 4 heteroatoms. The molecule has 2 unspecified atom stereocenters. The van der Waals surface area contributed by atoms with E-state index in [0.29, 0.717) is 18.6 Å². The van der Waals surface area contributed by atoms with Gasteiger partial charge < -0.3 is 10.5 Å². The van der Waals surface area contributed by atoms with E-state index in [1.165, 1.54) is 12.1 Å². The molecule has 2 nitrogen and oxygen atoms in total. The van der Waals surface area contributed by atoms with Crippen LogP contribution in [0, 0.1) is 11.6 Å². The fourth-order valence-electron chi connectivity index (χ4n) is 1.49. The van der Waals surface area contributed by atoms with E-state index in [1.807, 2.05) is 13.8 Å². The van der Waals surface area contributed by atoms with Crippen molar-refractivity contribution in [2.24, 2.45) is 5.73 Å². The van der Waals surface area contributed by atoms with Gasteiger partial charge in [0.15, 0.2) is 0 Å². The van der Waals surface area contributed by atoms with Crippen LogP contribution in [-0.2, 0) is 11.2 Å². The first-order valence-electron chi connectivity index (χ1n) is 5.35. The zero-order valence-electron chi connectivity index (χ0n) is 9.54. The van der Waals surface area contributed by atoms with Crippen LogP contribution in [0.4, 0.5) is 8.78 Å². The van der Waals surface area contributed by atoms with E-state index >= 15 is 0 Å². The first-order chi connectivity index (χ1) is 7.54. The number of ether oxygens (including phenoxy) is 1. The normalized spacial score (nSPS) is 14.8. The molecule has 0 bridgehead atoms. The summed E-state index contributed by atoms with van der Waals surface area (Å²) >= 11 is 0. The van der Waals surface area contributed by atoms with E-state index in [9.17, 15) is 8.78 Å². The molecule has 16 heavy (non-hydrogen) atoms. The zero-order chi connectivity index (χ0) is 12.1. The molecular weight excluding hydrogens is 212 g/mol. The summed E-state index contributed by atoms with van der Waals surface area (Å²) in [5, 5.41) is 0. The maximum absolute atomic E-state index is 13.3. The Morgan fingerprint density at radius 2 is 2.06 bits per heavy atom. The molecule has 0 aliphatic heterocycles. The van der Waals surface area contributed by atoms with Crippen LogP contribution in [0.25, 0.3) is 0 Å². The van der Waals surface area contributed by atoms with Crippen LogP contribution in [0.5, 0.6) is 0 Å². The van der Waals surface area contributed by atoms with E-state index in [1.54, 1.807) is 0 Å². The molecule has 0 fully saturated rings. The smallest absolute Gasteiger partial charge is 0.129 e. The van der Waals surface area contributed by atoms with Crippen LogP contribution in [0.15, 0.2) is 18.2 Å². The summed E-state index contributed by atoms with van der Waals surface area (Å²) < 4.78 is 31.3. The number of hydrogen-bond acceptors (Lipinski definition) is 2. The molecule has 1 rings (SSSR count). The van der Waals surface area contributed by atoms with Gasteiger partial charge in [-0.25, -0.2) is 8.78 Å². The van der Waals surface area contributed by atoms with Gasteiger partial charge in [0.1, 0.15) is 11.6 Å². The molecule has 2 N–H and O–H groups in total.